The van der Waals surface area contributed by atoms with Crippen LogP contribution in [0.15, 0.2) is 72.4 Å². The fourth-order valence-electron chi connectivity index (χ4n) is 4.97. The Bertz CT molecular complexity index is 1590. The molecule has 1 fully saturated rings. The van der Waals surface area contributed by atoms with Crippen LogP contribution >= 0.6 is 11.6 Å². The van der Waals surface area contributed by atoms with E-state index in [1.165, 1.54) is 19.1 Å². The van der Waals surface area contributed by atoms with Crippen LogP contribution in [0, 0.1) is 0 Å². The maximum Gasteiger partial charge on any atom is 0.295 e. The Morgan fingerprint density at radius 1 is 0.949 bits per heavy atom. The fourth-order valence-corrected chi connectivity index (χ4v) is 5.10. The molecular weight excluding hydrogens is 520 g/mol. The zero-order chi connectivity index (χ0) is 27.7. The first kappa shape index (κ1) is 26.2. The highest BCUT2D eigenvalue weighted by atomic mass is 35.5. The summed E-state index contributed by atoms with van der Waals surface area (Å²) in [6.07, 6.45) is 2.36. The molecule has 1 amide bonds. The molecule has 39 heavy (non-hydrogen) atoms. The average molecular weight is 547 g/mol. The van der Waals surface area contributed by atoms with Crippen LogP contribution in [-0.2, 0) is 16.0 Å². The molecule has 0 aliphatic carbocycles. The number of ketones is 1. The van der Waals surface area contributed by atoms with E-state index >= 15 is 0 Å². The number of aromatic amines is 1. The van der Waals surface area contributed by atoms with Crippen molar-refractivity contribution in [1.82, 2.24) is 9.88 Å². The number of ether oxygens (including phenoxy) is 3. The third kappa shape index (κ3) is 4.79. The van der Waals surface area contributed by atoms with Crippen LogP contribution in [0.25, 0.3) is 16.7 Å². The molecule has 2 heterocycles. The predicted octanol–water partition coefficient (Wildman–Crippen LogP) is 5.51. The Hall–Kier alpha value is -4.43. The van der Waals surface area contributed by atoms with Crippen LogP contribution in [0.3, 0.4) is 0 Å². The van der Waals surface area contributed by atoms with Gasteiger partial charge in [0.05, 0.1) is 32.9 Å². The third-order valence-corrected chi connectivity index (χ3v) is 7.23. The summed E-state index contributed by atoms with van der Waals surface area (Å²) in [5, 5.41) is 12.9. The fraction of sp³-hybridized carbons (Fsp3) is 0.200. The Balaban J connectivity index is 1.56. The van der Waals surface area contributed by atoms with Gasteiger partial charge in [-0.05, 0) is 66.1 Å². The lowest BCUT2D eigenvalue weighted by Gasteiger charge is -2.25. The van der Waals surface area contributed by atoms with E-state index in [1.807, 2.05) is 24.4 Å². The molecule has 0 radical (unpaired) electrons. The quantitative estimate of drug-likeness (QED) is 0.172. The van der Waals surface area contributed by atoms with Crippen molar-refractivity contribution < 1.29 is 28.9 Å². The summed E-state index contributed by atoms with van der Waals surface area (Å²) in [7, 11) is 4.60. The molecule has 8 nitrogen and oxygen atoms in total. The van der Waals surface area contributed by atoms with Crippen LogP contribution in [0.4, 0.5) is 0 Å². The van der Waals surface area contributed by atoms with E-state index in [-0.39, 0.29) is 17.9 Å². The predicted molar refractivity (Wildman–Crippen MR) is 149 cm³/mol. The lowest BCUT2D eigenvalue weighted by atomic mass is 9.95. The molecule has 3 aromatic carbocycles. The minimum Gasteiger partial charge on any atom is -0.507 e. The second-order valence-corrected chi connectivity index (χ2v) is 9.53. The van der Waals surface area contributed by atoms with Crippen LogP contribution in [0.5, 0.6) is 17.2 Å². The van der Waals surface area contributed by atoms with Gasteiger partial charge in [-0.2, -0.15) is 0 Å². The molecule has 200 valence electrons. The van der Waals surface area contributed by atoms with Gasteiger partial charge < -0.3 is 29.2 Å². The lowest BCUT2D eigenvalue weighted by molar-refractivity contribution is -0.139. The summed E-state index contributed by atoms with van der Waals surface area (Å²) >= 11 is 6.13. The van der Waals surface area contributed by atoms with E-state index in [9.17, 15) is 14.7 Å². The van der Waals surface area contributed by atoms with E-state index in [1.54, 1.807) is 49.6 Å². The number of methoxy groups -OCH3 is 3. The van der Waals surface area contributed by atoms with Crippen molar-refractivity contribution in [3.8, 4) is 17.2 Å². The average Bonchev–Trinajstić information content (AvgIpc) is 3.48. The highest BCUT2D eigenvalue weighted by Crippen LogP contribution is 2.41. The number of hydrogen-bond donors (Lipinski definition) is 2. The number of halogens is 1. The molecule has 1 aliphatic heterocycles. The van der Waals surface area contributed by atoms with Gasteiger partial charge in [0.15, 0.2) is 11.5 Å². The van der Waals surface area contributed by atoms with Crippen LogP contribution in [-0.4, -0.2) is 54.6 Å². The topological polar surface area (TPSA) is 101 Å². The Morgan fingerprint density at radius 3 is 2.38 bits per heavy atom. The molecule has 1 saturated heterocycles. The van der Waals surface area contributed by atoms with Crippen molar-refractivity contribution in [1.29, 1.82) is 0 Å². The van der Waals surface area contributed by atoms with E-state index in [0.717, 1.165) is 22.2 Å². The van der Waals surface area contributed by atoms with Crippen molar-refractivity contribution in [3.63, 3.8) is 0 Å². The van der Waals surface area contributed by atoms with Crippen LogP contribution < -0.4 is 14.2 Å². The molecule has 2 N–H and O–H groups in total. The molecule has 4 aromatic rings. The summed E-state index contributed by atoms with van der Waals surface area (Å²) < 4.78 is 16.0. The second-order valence-electron chi connectivity index (χ2n) is 9.09. The van der Waals surface area contributed by atoms with Crippen molar-refractivity contribution >= 4 is 40.0 Å². The van der Waals surface area contributed by atoms with Crippen molar-refractivity contribution in [2.45, 2.75) is 12.5 Å². The number of amides is 1. The Labute approximate surface area is 230 Å². The van der Waals surface area contributed by atoms with Gasteiger partial charge in [-0.3, -0.25) is 9.59 Å². The number of nitrogens with one attached hydrogen (secondary N) is 1. The van der Waals surface area contributed by atoms with Gasteiger partial charge in [0, 0.05) is 34.2 Å². The summed E-state index contributed by atoms with van der Waals surface area (Å²) in [5.74, 6) is -0.168. The molecule has 0 saturated carbocycles. The number of aliphatic hydroxyl groups excluding tert-OH is 1. The number of rotatable bonds is 8. The van der Waals surface area contributed by atoms with Gasteiger partial charge in [0.2, 0.25) is 0 Å². The molecule has 1 unspecified atom stereocenters. The van der Waals surface area contributed by atoms with Crippen molar-refractivity contribution in [2.75, 3.05) is 27.9 Å². The number of fused-ring (bicyclic) bond motifs is 1. The summed E-state index contributed by atoms with van der Waals surface area (Å²) in [6.45, 7) is 0.241. The number of carbonyl (C=O) groups excluding carboxylic acids is 2. The monoisotopic (exact) mass is 546 g/mol. The highest BCUT2D eigenvalue weighted by Gasteiger charge is 2.46. The minimum absolute atomic E-state index is 0.00450. The third-order valence-electron chi connectivity index (χ3n) is 6.98. The Morgan fingerprint density at radius 2 is 1.69 bits per heavy atom. The molecule has 1 atom stereocenters. The first-order chi connectivity index (χ1) is 18.9. The normalized spacial score (nSPS) is 16.6. The number of H-pyrrole nitrogens is 1. The van der Waals surface area contributed by atoms with E-state index in [0.29, 0.717) is 34.1 Å². The highest BCUT2D eigenvalue weighted by molar-refractivity contribution is 6.46. The molecule has 9 heteroatoms. The van der Waals surface area contributed by atoms with E-state index in [2.05, 4.69) is 4.98 Å². The van der Waals surface area contributed by atoms with Gasteiger partial charge >= 0.3 is 0 Å². The number of Topliss-reactive ketones (excluding diaryl/α,β-unsaturated/α-hetero) is 1. The summed E-state index contributed by atoms with van der Waals surface area (Å²) in [4.78, 5) is 31.5. The van der Waals surface area contributed by atoms with Gasteiger partial charge in [-0.15, -0.1) is 0 Å². The van der Waals surface area contributed by atoms with Crippen LogP contribution in [0.1, 0.15) is 22.7 Å². The number of benzene rings is 3. The molecule has 5 rings (SSSR count). The van der Waals surface area contributed by atoms with Crippen molar-refractivity contribution in [2.24, 2.45) is 0 Å². The standard InChI is InChI=1S/C30H27ClN2O6/c1-37-21-9-10-23-22(15-21)19(16-32-23)12-13-33-27(17-4-7-20(31)8-5-17)26(29(35)30(33)36)28(34)18-6-11-24(38-2)25(14-18)39-3/h4-11,14-16,27,32,34H,12-13H2,1-3H3/b28-26-. The molecule has 0 spiro atoms. The summed E-state index contributed by atoms with van der Waals surface area (Å²) in [5.41, 5.74) is 2.89. The minimum atomic E-state index is -0.810. The van der Waals surface area contributed by atoms with Gasteiger partial charge in [0.25, 0.3) is 11.7 Å². The summed E-state index contributed by atoms with van der Waals surface area (Å²) in [6, 6.07) is 16.6. The molecule has 1 aromatic heterocycles. The Kier molecular flexibility index (Phi) is 7.21. The number of hydrogen-bond acceptors (Lipinski definition) is 6. The molecular formula is C30H27ClN2O6. The van der Waals surface area contributed by atoms with Crippen LogP contribution in [0.2, 0.25) is 5.02 Å². The van der Waals surface area contributed by atoms with Crippen molar-refractivity contribution in [3.05, 3.63) is 94.1 Å². The van der Waals surface area contributed by atoms with E-state index in [4.69, 9.17) is 25.8 Å². The van der Waals surface area contributed by atoms with Gasteiger partial charge in [-0.25, -0.2) is 0 Å². The molecule has 0 bridgehead atoms. The number of carbonyl (C=O) groups is 2. The SMILES string of the molecule is COc1ccc2[nH]cc(CCN3C(=O)C(=O)/C(=C(\O)c4ccc(OC)c(OC)c4)C3c3ccc(Cl)cc3)c2c1. The maximum atomic E-state index is 13.4. The number of nitrogens with zero attached hydrogens (tertiary/aromatic N) is 1. The maximum absolute atomic E-state index is 13.4. The number of aromatic nitrogens is 1. The first-order valence-electron chi connectivity index (χ1n) is 12.3. The zero-order valence-corrected chi connectivity index (χ0v) is 22.4. The van der Waals surface area contributed by atoms with Gasteiger partial charge in [0.1, 0.15) is 11.5 Å². The van der Waals surface area contributed by atoms with Gasteiger partial charge in [-0.1, -0.05) is 23.7 Å². The molecule has 1 aliphatic rings. The smallest absolute Gasteiger partial charge is 0.295 e. The lowest BCUT2D eigenvalue weighted by Crippen LogP contribution is -2.31. The zero-order valence-electron chi connectivity index (χ0n) is 21.7. The first-order valence-corrected chi connectivity index (χ1v) is 12.6. The largest absolute Gasteiger partial charge is 0.507 e. The second kappa shape index (κ2) is 10.7. The van der Waals surface area contributed by atoms with E-state index < -0.39 is 17.7 Å². The number of likely N-dealkylation sites (tertiary alicyclic amines) is 1. The number of aliphatic hydroxyl groups is 1.